The van der Waals surface area contributed by atoms with Crippen molar-refractivity contribution in [1.82, 2.24) is 0 Å². The summed E-state index contributed by atoms with van der Waals surface area (Å²) in [6, 6.07) is 10.7. The number of benzene rings is 1. The first-order chi connectivity index (χ1) is 7.41. The smallest absolute Gasteiger partial charge is 0.112 e. The molecule has 1 nitrogen and oxygen atoms in total. The molecule has 1 aliphatic heterocycles. The zero-order valence-electron chi connectivity index (χ0n) is 9.11. The van der Waals surface area contributed by atoms with Crippen LogP contribution in [0.2, 0.25) is 0 Å². The molecule has 2 aliphatic rings. The van der Waals surface area contributed by atoms with Gasteiger partial charge in [0.25, 0.3) is 0 Å². The van der Waals surface area contributed by atoms with Crippen LogP contribution in [0.4, 0.5) is 0 Å². The molecule has 1 atom stereocenters. The first kappa shape index (κ1) is 9.41. The SMILES string of the molecule is c1ccc([C@@H]2OC23CCCCCC3)cc1. The van der Waals surface area contributed by atoms with Crippen molar-refractivity contribution in [3.63, 3.8) is 0 Å². The van der Waals surface area contributed by atoms with Gasteiger partial charge in [0.15, 0.2) is 0 Å². The summed E-state index contributed by atoms with van der Waals surface area (Å²) in [5, 5.41) is 0. The number of hydrogen-bond donors (Lipinski definition) is 0. The van der Waals surface area contributed by atoms with Crippen molar-refractivity contribution in [2.45, 2.75) is 50.2 Å². The van der Waals surface area contributed by atoms with Crippen LogP contribution in [0.5, 0.6) is 0 Å². The van der Waals surface area contributed by atoms with E-state index >= 15 is 0 Å². The first-order valence-corrected chi connectivity index (χ1v) is 6.13. The van der Waals surface area contributed by atoms with Gasteiger partial charge in [-0.2, -0.15) is 0 Å². The second-order valence-electron chi connectivity index (χ2n) is 4.89. The number of epoxide rings is 1. The van der Waals surface area contributed by atoms with E-state index in [1.807, 2.05) is 0 Å². The van der Waals surface area contributed by atoms with Gasteiger partial charge in [0.1, 0.15) is 6.10 Å². The molecule has 0 N–H and O–H groups in total. The van der Waals surface area contributed by atoms with Crippen molar-refractivity contribution in [1.29, 1.82) is 0 Å². The minimum Gasteiger partial charge on any atom is -0.361 e. The van der Waals surface area contributed by atoms with Gasteiger partial charge in [-0.15, -0.1) is 0 Å². The van der Waals surface area contributed by atoms with E-state index in [1.54, 1.807) is 0 Å². The maximum absolute atomic E-state index is 6.01. The molecule has 1 saturated heterocycles. The second-order valence-corrected chi connectivity index (χ2v) is 4.89. The maximum atomic E-state index is 6.01. The lowest BCUT2D eigenvalue weighted by Gasteiger charge is -2.08. The monoisotopic (exact) mass is 202 g/mol. The first-order valence-electron chi connectivity index (χ1n) is 6.13. The standard InChI is InChI=1S/C14H18O/c1-2-7-11-14(10-6-1)13(15-14)12-8-4-3-5-9-12/h3-5,8-9,13H,1-2,6-7,10-11H2/t13-/m0/s1. The highest BCUT2D eigenvalue weighted by atomic mass is 16.6. The van der Waals surface area contributed by atoms with Crippen molar-refractivity contribution in [3.05, 3.63) is 35.9 Å². The van der Waals surface area contributed by atoms with Crippen molar-refractivity contribution in [2.75, 3.05) is 0 Å². The third-order valence-electron chi connectivity index (χ3n) is 3.83. The van der Waals surface area contributed by atoms with Crippen LogP contribution in [0, 0.1) is 0 Å². The van der Waals surface area contributed by atoms with Gasteiger partial charge >= 0.3 is 0 Å². The lowest BCUT2D eigenvalue weighted by molar-refractivity contribution is 0.270. The molecule has 1 aliphatic carbocycles. The van der Waals surface area contributed by atoms with Crippen LogP contribution in [0.15, 0.2) is 30.3 Å². The molecule has 0 aromatic heterocycles. The van der Waals surface area contributed by atoms with Crippen LogP contribution in [0.1, 0.15) is 50.2 Å². The number of hydrogen-bond acceptors (Lipinski definition) is 1. The van der Waals surface area contributed by atoms with Crippen LogP contribution < -0.4 is 0 Å². The highest BCUT2D eigenvalue weighted by Gasteiger charge is 2.55. The van der Waals surface area contributed by atoms with Crippen LogP contribution in [-0.4, -0.2) is 5.60 Å². The van der Waals surface area contributed by atoms with E-state index < -0.39 is 0 Å². The lowest BCUT2D eigenvalue weighted by Crippen LogP contribution is -2.10. The molecule has 0 bridgehead atoms. The van der Waals surface area contributed by atoms with Crippen molar-refractivity contribution < 1.29 is 4.74 Å². The Morgan fingerprint density at radius 2 is 1.60 bits per heavy atom. The summed E-state index contributed by atoms with van der Waals surface area (Å²) in [6.07, 6.45) is 8.43. The van der Waals surface area contributed by atoms with Gasteiger partial charge < -0.3 is 4.74 Å². The van der Waals surface area contributed by atoms with E-state index in [2.05, 4.69) is 30.3 Å². The van der Waals surface area contributed by atoms with E-state index in [0.717, 1.165) is 0 Å². The van der Waals surface area contributed by atoms with E-state index in [9.17, 15) is 0 Å². The molecule has 1 aromatic rings. The lowest BCUT2D eigenvalue weighted by atomic mass is 9.92. The Morgan fingerprint density at radius 3 is 2.27 bits per heavy atom. The van der Waals surface area contributed by atoms with Gasteiger partial charge in [-0.25, -0.2) is 0 Å². The fourth-order valence-electron chi connectivity index (χ4n) is 2.91. The summed E-state index contributed by atoms with van der Waals surface area (Å²) >= 11 is 0. The van der Waals surface area contributed by atoms with Gasteiger partial charge in [-0.05, 0) is 18.4 Å². The molecular weight excluding hydrogens is 184 g/mol. The zero-order valence-corrected chi connectivity index (χ0v) is 9.11. The minimum absolute atomic E-state index is 0.234. The quantitative estimate of drug-likeness (QED) is 0.630. The summed E-state index contributed by atoms with van der Waals surface area (Å²) in [6.45, 7) is 0. The van der Waals surface area contributed by atoms with Crippen LogP contribution >= 0.6 is 0 Å². The molecule has 15 heavy (non-hydrogen) atoms. The Balaban J connectivity index is 1.76. The molecule has 80 valence electrons. The van der Waals surface area contributed by atoms with Crippen LogP contribution in [0.25, 0.3) is 0 Å². The largest absolute Gasteiger partial charge is 0.361 e. The third kappa shape index (κ3) is 1.69. The van der Waals surface area contributed by atoms with E-state index in [-0.39, 0.29) is 5.60 Å². The zero-order chi connectivity index (χ0) is 10.1. The summed E-state index contributed by atoms with van der Waals surface area (Å²) in [7, 11) is 0. The van der Waals surface area contributed by atoms with Crippen molar-refractivity contribution in [3.8, 4) is 0 Å². The van der Waals surface area contributed by atoms with Crippen molar-refractivity contribution in [2.24, 2.45) is 0 Å². The molecule has 1 heterocycles. The molecular formula is C14H18O. The Morgan fingerprint density at radius 1 is 0.933 bits per heavy atom. The van der Waals surface area contributed by atoms with E-state index in [4.69, 9.17) is 4.74 Å². The molecule has 0 radical (unpaired) electrons. The normalized spacial score (nSPS) is 28.7. The maximum Gasteiger partial charge on any atom is 0.112 e. The van der Waals surface area contributed by atoms with Gasteiger partial charge in [0.05, 0.1) is 5.60 Å². The molecule has 1 heteroatoms. The molecule has 1 saturated carbocycles. The van der Waals surface area contributed by atoms with Gasteiger partial charge in [-0.1, -0.05) is 56.0 Å². The molecule has 1 spiro atoms. The molecule has 3 rings (SSSR count). The predicted octanol–water partition coefficient (Wildman–Crippen LogP) is 3.85. The number of rotatable bonds is 1. The summed E-state index contributed by atoms with van der Waals surface area (Å²) < 4.78 is 6.01. The summed E-state index contributed by atoms with van der Waals surface area (Å²) in [4.78, 5) is 0. The molecule has 2 fully saturated rings. The van der Waals surface area contributed by atoms with Crippen LogP contribution in [-0.2, 0) is 4.74 Å². The van der Waals surface area contributed by atoms with Gasteiger partial charge in [0.2, 0.25) is 0 Å². The minimum atomic E-state index is 0.234. The highest BCUT2D eigenvalue weighted by molar-refractivity contribution is 5.26. The Bertz CT molecular complexity index is 322. The van der Waals surface area contributed by atoms with E-state index in [0.29, 0.717) is 6.10 Å². The summed E-state index contributed by atoms with van der Waals surface area (Å²) in [5.74, 6) is 0. The number of ether oxygens (including phenoxy) is 1. The summed E-state index contributed by atoms with van der Waals surface area (Å²) in [5.41, 5.74) is 1.61. The fraction of sp³-hybridized carbons (Fsp3) is 0.571. The van der Waals surface area contributed by atoms with Crippen LogP contribution in [0.3, 0.4) is 0 Å². The molecule has 0 unspecified atom stereocenters. The van der Waals surface area contributed by atoms with Crippen molar-refractivity contribution >= 4 is 0 Å². The fourth-order valence-corrected chi connectivity index (χ4v) is 2.91. The van der Waals surface area contributed by atoms with Gasteiger partial charge in [-0.3, -0.25) is 0 Å². The average Bonchev–Trinajstić information content (AvgIpc) is 3.05. The van der Waals surface area contributed by atoms with Gasteiger partial charge in [0, 0.05) is 0 Å². The highest BCUT2D eigenvalue weighted by Crippen LogP contribution is 2.56. The Kier molecular flexibility index (Phi) is 2.28. The van der Waals surface area contributed by atoms with E-state index in [1.165, 1.54) is 44.1 Å². The average molecular weight is 202 g/mol. The Labute approximate surface area is 91.5 Å². The Hall–Kier alpha value is -0.820. The molecule has 0 amide bonds. The molecule has 1 aromatic carbocycles. The predicted molar refractivity (Wildman–Crippen MR) is 60.7 cm³/mol. The third-order valence-corrected chi connectivity index (χ3v) is 3.83. The topological polar surface area (TPSA) is 12.5 Å². The second kappa shape index (κ2) is 3.64.